The Morgan fingerprint density at radius 1 is 0.821 bits per heavy atom. The van der Waals surface area contributed by atoms with Gasteiger partial charge in [-0.3, -0.25) is 4.79 Å². The van der Waals surface area contributed by atoms with Gasteiger partial charge in [-0.05, 0) is 44.6 Å². The van der Waals surface area contributed by atoms with Crippen LogP contribution < -0.4 is 0 Å². The first-order chi connectivity index (χ1) is 13.7. The van der Waals surface area contributed by atoms with Crippen molar-refractivity contribution in [2.45, 2.75) is 117 Å². The number of carbonyl (C=O) groups is 1. The van der Waals surface area contributed by atoms with E-state index in [2.05, 4.69) is 19.1 Å². The normalized spacial score (nSPS) is 11.7. The van der Waals surface area contributed by atoms with Crippen molar-refractivity contribution in [3.8, 4) is 6.07 Å². The van der Waals surface area contributed by atoms with E-state index in [0.29, 0.717) is 6.42 Å². The molecule has 0 heterocycles. The molecule has 0 unspecified atom stereocenters. The fraction of sp³-hybridized carbons (Fsp3) is 0.760. The smallest absolute Gasteiger partial charge is 0.306 e. The molecule has 0 fully saturated rings. The van der Waals surface area contributed by atoms with Crippen LogP contribution in [0, 0.1) is 11.3 Å². The van der Waals surface area contributed by atoms with Crippen LogP contribution in [-0.2, 0) is 9.53 Å². The largest absolute Gasteiger partial charge is 0.461 e. The maximum Gasteiger partial charge on any atom is 0.306 e. The Morgan fingerprint density at radius 3 is 1.86 bits per heavy atom. The average Bonchev–Trinajstić information content (AvgIpc) is 2.69. The first-order valence-electron chi connectivity index (χ1n) is 11.6. The molecular weight excluding hydrogens is 346 g/mol. The molecule has 0 aliphatic heterocycles. The third-order valence-electron chi connectivity index (χ3n) is 4.91. The minimum absolute atomic E-state index is 0.151. The van der Waals surface area contributed by atoms with Gasteiger partial charge in [0.1, 0.15) is 6.61 Å². The Hall–Kier alpha value is -1.56. The molecule has 0 N–H and O–H groups in total. The molecule has 0 spiro atoms. The van der Waals surface area contributed by atoms with Gasteiger partial charge in [-0.1, -0.05) is 83.3 Å². The predicted octanol–water partition coefficient (Wildman–Crippen LogP) is 7.82. The number of nitrogens with zero attached hydrogens (tertiary/aromatic N) is 1. The lowest BCUT2D eigenvalue weighted by molar-refractivity contribution is -0.142. The molecular formula is C25H43NO2. The highest BCUT2D eigenvalue weighted by Gasteiger charge is 2.03. The van der Waals surface area contributed by atoms with Crippen molar-refractivity contribution in [3.63, 3.8) is 0 Å². The number of allylic oxidation sites excluding steroid dienone is 3. The van der Waals surface area contributed by atoms with E-state index < -0.39 is 0 Å². The Kier molecular flexibility index (Phi) is 20.5. The van der Waals surface area contributed by atoms with E-state index in [-0.39, 0.29) is 12.6 Å². The van der Waals surface area contributed by atoms with Gasteiger partial charge in [0, 0.05) is 12.5 Å². The van der Waals surface area contributed by atoms with Gasteiger partial charge >= 0.3 is 5.97 Å². The summed E-state index contributed by atoms with van der Waals surface area (Å²) in [5.74, 6) is -0.151. The van der Waals surface area contributed by atoms with Crippen LogP contribution in [0.5, 0.6) is 0 Å². The summed E-state index contributed by atoms with van der Waals surface area (Å²) in [6, 6.07) is 1.94. The molecule has 0 aromatic heterocycles. The zero-order valence-corrected chi connectivity index (χ0v) is 18.5. The third-order valence-corrected chi connectivity index (χ3v) is 4.91. The zero-order chi connectivity index (χ0) is 20.7. The minimum Gasteiger partial charge on any atom is -0.461 e. The fourth-order valence-electron chi connectivity index (χ4n) is 3.11. The molecule has 0 saturated carbocycles. The third kappa shape index (κ3) is 20.7. The van der Waals surface area contributed by atoms with Crippen molar-refractivity contribution in [2.75, 3.05) is 6.61 Å². The van der Waals surface area contributed by atoms with Crippen LogP contribution in [0.4, 0.5) is 0 Å². The molecule has 0 bridgehead atoms. The molecule has 0 amide bonds. The van der Waals surface area contributed by atoms with Gasteiger partial charge in [0.25, 0.3) is 0 Å². The number of esters is 1. The van der Waals surface area contributed by atoms with Crippen molar-refractivity contribution < 1.29 is 9.53 Å². The summed E-state index contributed by atoms with van der Waals surface area (Å²) in [6.07, 6.45) is 25.8. The molecule has 3 heteroatoms. The number of hydrogen-bond acceptors (Lipinski definition) is 3. The van der Waals surface area contributed by atoms with Gasteiger partial charge in [0.05, 0.1) is 6.07 Å². The maximum atomic E-state index is 11.6. The Balaban J connectivity index is 3.24. The highest BCUT2D eigenvalue weighted by atomic mass is 16.5. The highest BCUT2D eigenvalue weighted by Crippen LogP contribution is 2.12. The van der Waals surface area contributed by atoms with Crippen LogP contribution in [0.15, 0.2) is 23.8 Å². The first kappa shape index (κ1) is 26.4. The van der Waals surface area contributed by atoms with Gasteiger partial charge in [-0.25, -0.2) is 0 Å². The molecule has 160 valence electrons. The average molecular weight is 390 g/mol. The quantitative estimate of drug-likeness (QED) is 0.0979. The molecule has 0 aromatic carbocycles. The van der Waals surface area contributed by atoms with Gasteiger partial charge < -0.3 is 4.74 Å². The summed E-state index contributed by atoms with van der Waals surface area (Å²) in [5.41, 5.74) is 0.787. The molecule has 0 aliphatic carbocycles. The summed E-state index contributed by atoms with van der Waals surface area (Å²) in [4.78, 5) is 11.6. The fourth-order valence-corrected chi connectivity index (χ4v) is 3.11. The monoisotopic (exact) mass is 389 g/mol. The Labute approximate surface area is 174 Å². The number of carbonyl (C=O) groups excluding carboxylic acids is 1. The molecule has 28 heavy (non-hydrogen) atoms. The first-order valence-corrected chi connectivity index (χ1v) is 11.6. The SMILES string of the molecule is CCCCCC=CCCCCCCCCCCCCC(=O)OC/C(C)=C\C#N. The number of rotatable bonds is 19. The zero-order valence-electron chi connectivity index (χ0n) is 18.5. The summed E-state index contributed by atoms with van der Waals surface area (Å²) in [6.45, 7) is 4.29. The van der Waals surface area contributed by atoms with E-state index in [1.807, 2.05) is 6.07 Å². The number of hydrogen-bond donors (Lipinski definition) is 0. The van der Waals surface area contributed by atoms with Gasteiger partial charge in [-0.15, -0.1) is 0 Å². The highest BCUT2D eigenvalue weighted by molar-refractivity contribution is 5.69. The lowest BCUT2D eigenvalue weighted by Gasteiger charge is -2.05. The molecule has 0 aromatic rings. The lowest BCUT2D eigenvalue weighted by Crippen LogP contribution is -2.06. The Bertz CT molecular complexity index is 460. The van der Waals surface area contributed by atoms with Crippen molar-refractivity contribution in [1.29, 1.82) is 5.26 Å². The van der Waals surface area contributed by atoms with Crippen molar-refractivity contribution in [1.82, 2.24) is 0 Å². The van der Waals surface area contributed by atoms with E-state index in [1.54, 1.807) is 6.92 Å². The van der Waals surface area contributed by atoms with E-state index in [9.17, 15) is 4.79 Å². The second-order valence-electron chi connectivity index (χ2n) is 7.82. The topological polar surface area (TPSA) is 50.1 Å². The van der Waals surface area contributed by atoms with Crippen LogP contribution in [0.2, 0.25) is 0 Å². The van der Waals surface area contributed by atoms with Gasteiger partial charge in [-0.2, -0.15) is 5.26 Å². The minimum atomic E-state index is -0.151. The molecule has 0 aliphatic rings. The van der Waals surface area contributed by atoms with Crippen LogP contribution in [-0.4, -0.2) is 12.6 Å². The van der Waals surface area contributed by atoms with Crippen molar-refractivity contribution in [3.05, 3.63) is 23.8 Å². The summed E-state index contributed by atoms with van der Waals surface area (Å²) in [5, 5.41) is 8.50. The van der Waals surface area contributed by atoms with Crippen LogP contribution in [0.1, 0.15) is 117 Å². The van der Waals surface area contributed by atoms with E-state index >= 15 is 0 Å². The second-order valence-corrected chi connectivity index (χ2v) is 7.82. The molecule has 0 saturated heterocycles. The van der Waals surface area contributed by atoms with E-state index in [1.165, 1.54) is 89.5 Å². The summed E-state index contributed by atoms with van der Waals surface area (Å²) in [7, 11) is 0. The van der Waals surface area contributed by atoms with Crippen molar-refractivity contribution in [2.24, 2.45) is 0 Å². The Morgan fingerprint density at radius 2 is 1.32 bits per heavy atom. The van der Waals surface area contributed by atoms with E-state index in [0.717, 1.165) is 18.4 Å². The molecule has 3 nitrogen and oxygen atoms in total. The predicted molar refractivity (Wildman–Crippen MR) is 119 cm³/mol. The van der Waals surface area contributed by atoms with Crippen molar-refractivity contribution >= 4 is 5.97 Å². The maximum absolute atomic E-state index is 11.6. The molecule has 0 rings (SSSR count). The van der Waals surface area contributed by atoms with Crippen LogP contribution in [0.3, 0.4) is 0 Å². The lowest BCUT2D eigenvalue weighted by atomic mass is 10.0. The number of unbranched alkanes of at least 4 members (excludes halogenated alkanes) is 13. The van der Waals surface area contributed by atoms with Gasteiger partial charge in [0.2, 0.25) is 0 Å². The summed E-state index contributed by atoms with van der Waals surface area (Å²) >= 11 is 0. The standard InChI is InChI=1S/C25H43NO2/c1-3-4-5-6-7-8-9-10-11-12-13-14-15-16-17-18-19-20-25(27)28-23-24(2)21-22-26/h7-8,21H,3-6,9-20,23H2,1-2H3/b8-7?,24-21-. The van der Waals surface area contributed by atoms with Gasteiger partial charge in [0.15, 0.2) is 0 Å². The number of nitriles is 1. The molecule has 0 radical (unpaired) electrons. The van der Waals surface area contributed by atoms with Crippen LogP contribution >= 0.6 is 0 Å². The molecule has 0 atom stereocenters. The van der Waals surface area contributed by atoms with E-state index in [4.69, 9.17) is 10.00 Å². The second kappa shape index (κ2) is 21.7. The summed E-state index contributed by atoms with van der Waals surface area (Å²) < 4.78 is 5.12. The van der Waals surface area contributed by atoms with Crippen LogP contribution in [0.25, 0.3) is 0 Å². The number of ether oxygens (including phenoxy) is 1.